The average molecular weight is 257 g/mol. The number of amides is 3. The Kier molecular flexibility index (Phi) is 4.94. The lowest BCUT2D eigenvalue weighted by molar-refractivity contribution is -0.141. The number of carbonyl (C=O) groups is 3. The maximum absolute atomic E-state index is 11.8. The van der Waals surface area contributed by atoms with E-state index in [0.29, 0.717) is 25.8 Å². The second-order valence-electron chi connectivity index (χ2n) is 4.36. The zero-order valence-corrected chi connectivity index (χ0v) is 10.6. The molecule has 3 N–H and O–H groups in total. The van der Waals surface area contributed by atoms with Crippen LogP contribution in [0.4, 0.5) is 4.79 Å². The number of hydrogen-bond donors (Lipinski definition) is 3. The summed E-state index contributed by atoms with van der Waals surface area (Å²) < 4.78 is 0. The van der Waals surface area contributed by atoms with Crippen molar-refractivity contribution in [2.75, 3.05) is 13.6 Å². The molecular formula is C11H19N3O4. The van der Waals surface area contributed by atoms with Crippen molar-refractivity contribution in [2.24, 2.45) is 0 Å². The van der Waals surface area contributed by atoms with E-state index in [9.17, 15) is 14.4 Å². The summed E-state index contributed by atoms with van der Waals surface area (Å²) in [6.07, 6.45) is 1.31. The molecule has 0 aromatic heterocycles. The van der Waals surface area contributed by atoms with E-state index in [-0.39, 0.29) is 11.9 Å². The molecule has 0 aromatic carbocycles. The van der Waals surface area contributed by atoms with Gasteiger partial charge in [-0.3, -0.25) is 4.79 Å². The lowest BCUT2D eigenvalue weighted by Gasteiger charge is -2.29. The molecule has 7 heteroatoms. The normalized spacial score (nSPS) is 20.8. The average Bonchev–Trinajstić information content (AvgIpc) is 2.32. The lowest BCUT2D eigenvalue weighted by Crippen LogP contribution is -2.53. The highest BCUT2D eigenvalue weighted by Gasteiger charge is 2.27. The molecular weight excluding hydrogens is 238 g/mol. The fourth-order valence-electron chi connectivity index (χ4n) is 1.89. The van der Waals surface area contributed by atoms with E-state index in [0.717, 1.165) is 0 Å². The third-order valence-corrected chi connectivity index (χ3v) is 3.05. The highest BCUT2D eigenvalue weighted by Crippen LogP contribution is 2.06. The topological polar surface area (TPSA) is 98.7 Å². The van der Waals surface area contributed by atoms with Gasteiger partial charge in [0.05, 0.1) is 0 Å². The van der Waals surface area contributed by atoms with Crippen molar-refractivity contribution in [1.29, 1.82) is 0 Å². The lowest BCUT2D eigenvalue weighted by atomic mass is 10.1. The van der Waals surface area contributed by atoms with Crippen molar-refractivity contribution in [3.8, 4) is 0 Å². The number of likely N-dealkylation sites (N-methyl/N-ethyl adjacent to an activating group) is 1. The van der Waals surface area contributed by atoms with E-state index in [1.54, 1.807) is 6.92 Å². The summed E-state index contributed by atoms with van der Waals surface area (Å²) in [5.74, 6) is -1.04. The molecule has 2 unspecified atom stereocenters. The Balaban J connectivity index is 2.49. The molecule has 1 heterocycles. The van der Waals surface area contributed by atoms with Gasteiger partial charge in [-0.05, 0) is 12.8 Å². The Morgan fingerprint density at radius 2 is 2.28 bits per heavy atom. The molecule has 0 bridgehead atoms. The first-order chi connectivity index (χ1) is 8.45. The minimum atomic E-state index is -1.02. The number of piperidine rings is 1. The summed E-state index contributed by atoms with van der Waals surface area (Å²) >= 11 is 0. The highest BCUT2D eigenvalue weighted by atomic mass is 16.4. The van der Waals surface area contributed by atoms with Gasteiger partial charge in [-0.1, -0.05) is 6.92 Å². The van der Waals surface area contributed by atoms with E-state index in [2.05, 4.69) is 10.6 Å². The molecule has 102 valence electrons. The Hall–Kier alpha value is -1.79. The predicted octanol–water partition coefficient (Wildman–Crippen LogP) is -0.230. The highest BCUT2D eigenvalue weighted by molar-refractivity contribution is 5.83. The van der Waals surface area contributed by atoms with Crippen molar-refractivity contribution in [3.63, 3.8) is 0 Å². The summed E-state index contributed by atoms with van der Waals surface area (Å²) in [5, 5.41) is 14.3. The summed E-state index contributed by atoms with van der Waals surface area (Å²) in [7, 11) is 1.46. The molecule has 1 saturated heterocycles. The summed E-state index contributed by atoms with van der Waals surface area (Å²) in [4.78, 5) is 34.9. The van der Waals surface area contributed by atoms with Crippen LogP contribution in [0.3, 0.4) is 0 Å². The van der Waals surface area contributed by atoms with E-state index in [1.165, 1.54) is 11.9 Å². The maximum atomic E-state index is 11.8. The Bertz CT molecular complexity index is 335. The molecule has 0 radical (unpaired) electrons. The van der Waals surface area contributed by atoms with Crippen LogP contribution in [0.5, 0.6) is 0 Å². The van der Waals surface area contributed by atoms with Crippen LogP contribution < -0.4 is 10.6 Å². The van der Waals surface area contributed by atoms with Gasteiger partial charge in [-0.15, -0.1) is 0 Å². The minimum Gasteiger partial charge on any atom is -0.480 e. The monoisotopic (exact) mass is 257 g/mol. The van der Waals surface area contributed by atoms with E-state index in [4.69, 9.17) is 5.11 Å². The Morgan fingerprint density at radius 3 is 2.72 bits per heavy atom. The van der Waals surface area contributed by atoms with Crippen molar-refractivity contribution in [1.82, 2.24) is 15.5 Å². The number of nitrogens with one attached hydrogen (secondary N) is 2. The number of nitrogens with zero attached hydrogens (tertiary/aromatic N) is 1. The van der Waals surface area contributed by atoms with Crippen molar-refractivity contribution in [2.45, 2.75) is 38.3 Å². The molecule has 0 saturated carbocycles. The van der Waals surface area contributed by atoms with Gasteiger partial charge in [0.15, 0.2) is 0 Å². The molecule has 2 atom stereocenters. The molecule has 18 heavy (non-hydrogen) atoms. The number of carboxylic acids is 1. The number of carboxylic acid groups (broad SMARTS) is 1. The number of carbonyl (C=O) groups excluding carboxylic acids is 2. The standard InChI is InChI=1S/C11H19N3O4/c1-3-8(10(16)17)14(2)11(18)13-7-4-5-9(15)12-6-7/h7-8H,3-6H2,1-2H3,(H,12,15)(H,13,18)(H,16,17). The zero-order chi connectivity index (χ0) is 13.7. The van der Waals surface area contributed by atoms with Crippen LogP contribution in [0, 0.1) is 0 Å². The first-order valence-corrected chi connectivity index (χ1v) is 5.98. The molecule has 0 aromatic rings. The van der Waals surface area contributed by atoms with Gasteiger partial charge in [0.1, 0.15) is 6.04 Å². The number of hydrogen-bond acceptors (Lipinski definition) is 3. The first kappa shape index (κ1) is 14.3. The predicted molar refractivity (Wildman–Crippen MR) is 64.0 cm³/mol. The molecule has 7 nitrogen and oxygen atoms in total. The quantitative estimate of drug-likeness (QED) is 0.647. The van der Waals surface area contributed by atoms with Gasteiger partial charge in [0.25, 0.3) is 0 Å². The first-order valence-electron chi connectivity index (χ1n) is 5.98. The minimum absolute atomic E-state index is 0.0224. The molecule has 0 spiro atoms. The Labute approximate surface area is 106 Å². The van der Waals surface area contributed by atoms with Gasteiger partial charge in [-0.2, -0.15) is 0 Å². The van der Waals surface area contributed by atoms with Crippen LogP contribution in [0.2, 0.25) is 0 Å². The van der Waals surface area contributed by atoms with Crippen LogP contribution in [-0.4, -0.2) is 53.6 Å². The van der Waals surface area contributed by atoms with Gasteiger partial charge in [0.2, 0.25) is 5.91 Å². The second kappa shape index (κ2) is 6.23. The third kappa shape index (κ3) is 3.61. The van der Waals surface area contributed by atoms with Gasteiger partial charge < -0.3 is 20.6 Å². The van der Waals surface area contributed by atoms with Crippen LogP contribution in [0.25, 0.3) is 0 Å². The van der Waals surface area contributed by atoms with Crippen LogP contribution >= 0.6 is 0 Å². The molecule has 1 fully saturated rings. The number of aliphatic carboxylic acids is 1. The van der Waals surface area contributed by atoms with E-state index >= 15 is 0 Å². The van der Waals surface area contributed by atoms with Crippen LogP contribution in [-0.2, 0) is 9.59 Å². The zero-order valence-electron chi connectivity index (χ0n) is 10.6. The smallest absolute Gasteiger partial charge is 0.326 e. The number of urea groups is 1. The Morgan fingerprint density at radius 1 is 1.61 bits per heavy atom. The largest absolute Gasteiger partial charge is 0.480 e. The van der Waals surface area contributed by atoms with E-state index < -0.39 is 18.0 Å². The van der Waals surface area contributed by atoms with Crippen molar-refractivity contribution in [3.05, 3.63) is 0 Å². The molecule has 3 amide bonds. The molecule has 0 aliphatic carbocycles. The summed E-state index contributed by atoms with van der Waals surface area (Å²) in [6.45, 7) is 2.10. The molecule has 1 aliphatic rings. The molecule has 1 rings (SSSR count). The van der Waals surface area contributed by atoms with E-state index in [1.807, 2.05) is 0 Å². The van der Waals surface area contributed by atoms with Crippen LogP contribution in [0.15, 0.2) is 0 Å². The molecule has 1 aliphatic heterocycles. The fourth-order valence-corrected chi connectivity index (χ4v) is 1.89. The summed E-state index contributed by atoms with van der Waals surface area (Å²) in [5.41, 5.74) is 0. The van der Waals surface area contributed by atoms with Gasteiger partial charge in [0, 0.05) is 26.1 Å². The van der Waals surface area contributed by atoms with Crippen molar-refractivity contribution < 1.29 is 19.5 Å². The number of rotatable bonds is 4. The fraction of sp³-hybridized carbons (Fsp3) is 0.727. The third-order valence-electron chi connectivity index (χ3n) is 3.05. The SMILES string of the molecule is CCC(C(=O)O)N(C)C(=O)NC1CCC(=O)NC1. The van der Waals surface area contributed by atoms with Gasteiger partial charge in [-0.25, -0.2) is 9.59 Å². The van der Waals surface area contributed by atoms with Crippen molar-refractivity contribution >= 4 is 17.9 Å². The second-order valence-corrected chi connectivity index (χ2v) is 4.36. The summed E-state index contributed by atoms with van der Waals surface area (Å²) in [6, 6.07) is -1.39. The van der Waals surface area contributed by atoms with Gasteiger partial charge >= 0.3 is 12.0 Å². The maximum Gasteiger partial charge on any atom is 0.326 e. The van der Waals surface area contributed by atoms with Crippen LogP contribution in [0.1, 0.15) is 26.2 Å².